The Morgan fingerprint density at radius 2 is 1.21 bits per heavy atom. The van der Waals surface area contributed by atoms with E-state index < -0.39 is 67.3 Å². The Balaban J connectivity index is 2.09. The molecule has 262 valence electrons. The van der Waals surface area contributed by atoms with Crippen LogP contribution in [-0.2, 0) is 19.2 Å². The van der Waals surface area contributed by atoms with Crippen LogP contribution in [0.3, 0.4) is 0 Å². The standard InChI is InChI=1S/C32H47BClN7O7/c1-20(29(43)37-19-28(42)39-21(2)33(47)48)38-31(45)26(7-3-5-17-35)41-32(46)27(8-4-6-18-36)40-30(44)24-11-9-22(10-12-24)23-13-15-25(34)16-14-23/h9-16,20-21,26-27,47-48H,3-8,17-19,35-36H2,1-2H3,(H,37,43)(H,38,45)(H,39,42)(H,40,44)(H,41,46)/t20-,21-,26-,27-/m0/s1. The normalized spacial score (nSPS) is 13.3. The molecule has 0 unspecified atom stereocenters. The fourth-order valence-corrected chi connectivity index (χ4v) is 4.70. The van der Waals surface area contributed by atoms with Gasteiger partial charge in [0, 0.05) is 10.6 Å². The third-order valence-corrected chi connectivity index (χ3v) is 7.74. The molecule has 2 rings (SSSR count). The molecule has 0 saturated carbocycles. The van der Waals surface area contributed by atoms with Crippen LogP contribution in [0.5, 0.6) is 0 Å². The second-order valence-electron chi connectivity index (χ2n) is 11.5. The summed E-state index contributed by atoms with van der Waals surface area (Å²) in [4.78, 5) is 64.5. The number of hydrogen-bond donors (Lipinski definition) is 9. The maximum atomic E-state index is 13.5. The topological polar surface area (TPSA) is 238 Å². The van der Waals surface area contributed by atoms with Gasteiger partial charge < -0.3 is 48.1 Å². The molecule has 11 N–H and O–H groups in total. The van der Waals surface area contributed by atoms with Gasteiger partial charge in [0.15, 0.2) is 0 Å². The van der Waals surface area contributed by atoms with Crippen molar-refractivity contribution in [3.8, 4) is 11.1 Å². The Bertz CT molecular complexity index is 1350. The molecule has 2 aromatic rings. The molecule has 14 nitrogen and oxygen atoms in total. The van der Waals surface area contributed by atoms with Crippen LogP contribution < -0.4 is 38.1 Å². The minimum Gasteiger partial charge on any atom is -0.426 e. The van der Waals surface area contributed by atoms with Gasteiger partial charge in [-0.15, -0.1) is 0 Å². The van der Waals surface area contributed by atoms with Crippen LogP contribution in [0.1, 0.15) is 62.7 Å². The summed E-state index contributed by atoms with van der Waals surface area (Å²) in [5.74, 6) is -3.94. The van der Waals surface area contributed by atoms with Crippen molar-refractivity contribution < 1.29 is 34.0 Å². The molecule has 0 heterocycles. The zero-order valence-electron chi connectivity index (χ0n) is 27.3. The van der Waals surface area contributed by atoms with Gasteiger partial charge in [0.25, 0.3) is 5.91 Å². The van der Waals surface area contributed by atoms with E-state index in [1.807, 2.05) is 12.1 Å². The van der Waals surface area contributed by atoms with Crippen molar-refractivity contribution in [1.82, 2.24) is 26.6 Å². The number of amides is 5. The summed E-state index contributed by atoms with van der Waals surface area (Å²) < 4.78 is 0. The van der Waals surface area contributed by atoms with Crippen LogP contribution in [0.2, 0.25) is 5.02 Å². The Morgan fingerprint density at radius 3 is 1.73 bits per heavy atom. The van der Waals surface area contributed by atoms with E-state index in [0.717, 1.165) is 11.1 Å². The van der Waals surface area contributed by atoms with Crippen molar-refractivity contribution in [3.05, 3.63) is 59.1 Å². The minimum atomic E-state index is -1.77. The summed E-state index contributed by atoms with van der Waals surface area (Å²) in [6, 6.07) is 11.1. The maximum Gasteiger partial charge on any atom is 0.475 e. The lowest BCUT2D eigenvalue weighted by molar-refractivity contribution is -0.133. The number of nitrogens with one attached hydrogen (secondary N) is 5. The molecule has 0 aliphatic rings. The number of halogens is 1. The zero-order valence-corrected chi connectivity index (χ0v) is 28.1. The summed E-state index contributed by atoms with van der Waals surface area (Å²) in [6.07, 6.45) is 2.78. The molecule has 16 heteroatoms. The summed E-state index contributed by atoms with van der Waals surface area (Å²) in [7, 11) is -1.77. The summed E-state index contributed by atoms with van der Waals surface area (Å²) >= 11 is 5.98. The second-order valence-corrected chi connectivity index (χ2v) is 11.9. The third-order valence-electron chi connectivity index (χ3n) is 7.48. The highest BCUT2D eigenvalue weighted by molar-refractivity contribution is 6.43. The van der Waals surface area contributed by atoms with Gasteiger partial charge in [-0.25, -0.2) is 0 Å². The van der Waals surface area contributed by atoms with Crippen LogP contribution in [0.15, 0.2) is 48.5 Å². The van der Waals surface area contributed by atoms with Gasteiger partial charge in [0.2, 0.25) is 23.6 Å². The van der Waals surface area contributed by atoms with Crippen molar-refractivity contribution >= 4 is 48.3 Å². The molecule has 0 saturated heterocycles. The number of carbonyl (C=O) groups excluding carboxylic acids is 5. The fraction of sp³-hybridized carbons (Fsp3) is 0.469. The van der Waals surface area contributed by atoms with Gasteiger partial charge in [0.05, 0.1) is 12.5 Å². The predicted molar refractivity (Wildman–Crippen MR) is 184 cm³/mol. The molecule has 0 aromatic heterocycles. The Labute approximate surface area is 286 Å². The highest BCUT2D eigenvalue weighted by atomic mass is 35.5. The van der Waals surface area contributed by atoms with Crippen LogP contribution in [0.25, 0.3) is 11.1 Å². The molecule has 2 aromatic carbocycles. The predicted octanol–water partition coefficient (Wildman–Crippen LogP) is -0.0142. The Hall–Kier alpha value is -4.02. The average Bonchev–Trinajstić information content (AvgIpc) is 3.06. The van der Waals surface area contributed by atoms with Crippen LogP contribution in [0, 0.1) is 0 Å². The van der Waals surface area contributed by atoms with E-state index in [9.17, 15) is 24.0 Å². The number of hydrogen-bond acceptors (Lipinski definition) is 9. The monoisotopic (exact) mass is 687 g/mol. The average molecular weight is 688 g/mol. The molecule has 48 heavy (non-hydrogen) atoms. The first-order chi connectivity index (χ1) is 22.9. The maximum absolute atomic E-state index is 13.5. The molecule has 4 atom stereocenters. The van der Waals surface area contributed by atoms with E-state index in [-0.39, 0.29) is 12.8 Å². The molecule has 0 aliphatic carbocycles. The molecular formula is C32H47BClN7O7. The van der Waals surface area contributed by atoms with Crippen molar-refractivity contribution in [2.45, 2.75) is 76.4 Å². The molecular weight excluding hydrogens is 641 g/mol. The van der Waals surface area contributed by atoms with Crippen LogP contribution in [0.4, 0.5) is 0 Å². The van der Waals surface area contributed by atoms with Crippen molar-refractivity contribution in [2.75, 3.05) is 19.6 Å². The fourth-order valence-electron chi connectivity index (χ4n) is 4.57. The number of rotatable bonds is 20. The van der Waals surface area contributed by atoms with Gasteiger partial charge in [-0.05, 0) is 101 Å². The summed E-state index contributed by atoms with van der Waals surface area (Å²) in [5, 5.41) is 31.6. The Kier molecular flexibility index (Phi) is 17.6. The number of carbonyl (C=O) groups is 5. The van der Waals surface area contributed by atoms with Gasteiger partial charge in [-0.1, -0.05) is 35.9 Å². The lowest BCUT2D eigenvalue weighted by Gasteiger charge is -2.24. The number of nitrogens with two attached hydrogens (primary N) is 2. The molecule has 0 radical (unpaired) electrons. The first-order valence-electron chi connectivity index (χ1n) is 16.0. The van der Waals surface area contributed by atoms with Crippen molar-refractivity contribution in [2.24, 2.45) is 11.5 Å². The van der Waals surface area contributed by atoms with Crippen LogP contribution >= 0.6 is 11.6 Å². The van der Waals surface area contributed by atoms with Gasteiger partial charge in [-0.3, -0.25) is 24.0 Å². The number of unbranched alkanes of at least 4 members (excludes halogenated alkanes) is 2. The SMILES string of the molecule is C[C@H](NC(=O)CNC(=O)[C@H](C)NC(=O)[C@H](CCCCN)NC(=O)[C@H](CCCCN)NC(=O)c1ccc(-c2ccc(Cl)cc2)cc1)B(O)O. The smallest absolute Gasteiger partial charge is 0.426 e. The summed E-state index contributed by atoms with van der Waals surface area (Å²) in [6.45, 7) is 3.12. The third kappa shape index (κ3) is 14.0. The zero-order chi connectivity index (χ0) is 35.6. The first-order valence-corrected chi connectivity index (χ1v) is 16.3. The molecule has 5 amide bonds. The van der Waals surface area contributed by atoms with E-state index >= 15 is 0 Å². The quantitative estimate of drug-likeness (QED) is 0.0671. The highest BCUT2D eigenvalue weighted by Crippen LogP contribution is 2.22. The van der Waals surface area contributed by atoms with Gasteiger partial charge >= 0.3 is 7.12 Å². The van der Waals surface area contributed by atoms with Gasteiger partial charge in [-0.2, -0.15) is 0 Å². The van der Waals surface area contributed by atoms with E-state index in [1.165, 1.54) is 13.8 Å². The van der Waals surface area contributed by atoms with Crippen LogP contribution in [-0.4, -0.2) is 90.4 Å². The minimum absolute atomic E-state index is 0.225. The second kappa shape index (κ2) is 21.1. The largest absolute Gasteiger partial charge is 0.475 e. The molecule has 0 aliphatic heterocycles. The number of benzene rings is 2. The van der Waals surface area contributed by atoms with Crippen molar-refractivity contribution in [1.29, 1.82) is 0 Å². The van der Waals surface area contributed by atoms with E-state index in [0.29, 0.717) is 49.4 Å². The lowest BCUT2D eigenvalue weighted by atomic mass is 9.81. The molecule has 0 fully saturated rings. The first kappa shape index (κ1) is 40.2. The van der Waals surface area contributed by atoms with E-state index in [1.54, 1.807) is 36.4 Å². The van der Waals surface area contributed by atoms with E-state index in [4.69, 9.17) is 33.1 Å². The summed E-state index contributed by atoms with van der Waals surface area (Å²) in [5.41, 5.74) is 13.4. The lowest BCUT2D eigenvalue weighted by Crippen LogP contribution is -2.56. The van der Waals surface area contributed by atoms with E-state index in [2.05, 4.69) is 26.6 Å². The van der Waals surface area contributed by atoms with Gasteiger partial charge in [0.1, 0.15) is 18.1 Å². The molecule has 0 spiro atoms. The van der Waals surface area contributed by atoms with Crippen molar-refractivity contribution in [3.63, 3.8) is 0 Å². The highest BCUT2D eigenvalue weighted by Gasteiger charge is 2.29. The Morgan fingerprint density at radius 1 is 0.708 bits per heavy atom. The molecule has 0 bridgehead atoms.